The molecule has 4 nitrogen and oxygen atoms in total. The van der Waals surface area contributed by atoms with Gasteiger partial charge in [0.05, 0.1) is 26.3 Å². The lowest BCUT2D eigenvalue weighted by Gasteiger charge is -2.17. The van der Waals surface area contributed by atoms with Crippen LogP contribution in [0.1, 0.15) is 25.0 Å². The quantitative estimate of drug-likeness (QED) is 0.722. The molecular formula is C20H24N2O2. The van der Waals surface area contributed by atoms with Crippen LogP contribution in [0.2, 0.25) is 0 Å². The maximum atomic E-state index is 5.34. The van der Waals surface area contributed by atoms with Crippen molar-refractivity contribution in [2.24, 2.45) is 9.98 Å². The van der Waals surface area contributed by atoms with Gasteiger partial charge in [0.25, 0.3) is 0 Å². The standard InChI is InChI=1S/C20H24N2O2/c1-20(2,22-14-17-10-6-8-12-19(17)24-4)15-21-13-16-9-5-7-11-18(16)23-3/h5-14H,15H2,1-4H3. The average Bonchev–Trinajstić information content (AvgIpc) is 2.60. The molecule has 2 aromatic rings. The van der Waals surface area contributed by atoms with Crippen molar-refractivity contribution in [3.05, 3.63) is 59.7 Å². The van der Waals surface area contributed by atoms with Crippen LogP contribution < -0.4 is 9.47 Å². The van der Waals surface area contributed by atoms with E-state index in [0.29, 0.717) is 6.54 Å². The Morgan fingerprint density at radius 3 is 1.88 bits per heavy atom. The number of nitrogens with zero attached hydrogens (tertiary/aromatic N) is 2. The molecule has 0 fully saturated rings. The summed E-state index contributed by atoms with van der Waals surface area (Å²) in [6.07, 6.45) is 3.68. The zero-order valence-electron chi connectivity index (χ0n) is 14.7. The molecule has 0 heterocycles. The van der Waals surface area contributed by atoms with Crippen LogP contribution in [0.15, 0.2) is 58.5 Å². The number of benzene rings is 2. The van der Waals surface area contributed by atoms with Crippen LogP contribution in [0.5, 0.6) is 11.5 Å². The summed E-state index contributed by atoms with van der Waals surface area (Å²) < 4.78 is 10.7. The molecule has 0 aliphatic carbocycles. The zero-order chi connectivity index (χ0) is 17.4. The Hall–Kier alpha value is -2.62. The lowest BCUT2D eigenvalue weighted by Crippen LogP contribution is -2.21. The Balaban J connectivity index is 2.05. The summed E-state index contributed by atoms with van der Waals surface area (Å²) in [6.45, 7) is 4.69. The molecule has 0 saturated heterocycles. The topological polar surface area (TPSA) is 43.2 Å². The van der Waals surface area contributed by atoms with Gasteiger partial charge in [-0.25, -0.2) is 0 Å². The van der Waals surface area contributed by atoms with Crippen LogP contribution in [-0.2, 0) is 0 Å². The van der Waals surface area contributed by atoms with E-state index in [2.05, 4.69) is 23.8 Å². The van der Waals surface area contributed by atoms with E-state index < -0.39 is 0 Å². The largest absolute Gasteiger partial charge is 0.496 e. The van der Waals surface area contributed by atoms with Gasteiger partial charge in [-0.05, 0) is 38.1 Å². The third kappa shape index (κ3) is 4.95. The maximum Gasteiger partial charge on any atom is 0.127 e. The molecule has 0 unspecified atom stereocenters. The van der Waals surface area contributed by atoms with Gasteiger partial charge in [0.2, 0.25) is 0 Å². The minimum Gasteiger partial charge on any atom is -0.496 e. The average molecular weight is 324 g/mol. The van der Waals surface area contributed by atoms with Gasteiger partial charge in [-0.2, -0.15) is 0 Å². The molecule has 0 aliphatic heterocycles. The Labute approximate surface area is 143 Å². The van der Waals surface area contributed by atoms with E-state index in [1.54, 1.807) is 14.2 Å². The van der Waals surface area contributed by atoms with Crippen molar-refractivity contribution in [1.82, 2.24) is 0 Å². The molecule has 2 rings (SSSR count). The predicted octanol–water partition coefficient (Wildman–Crippen LogP) is 4.02. The molecule has 0 amide bonds. The van der Waals surface area contributed by atoms with E-state index in [1.807, 2.05) is 61.0 Å². The smallest absolute Gasteiger partial charge is 0.127 e. The fraction of sp³-hybridized carbons (Fsp3) is 0.300. The lowest BCUT2D eigenvalue weighted by atomic mass is 10.1. The van der Waals surface area contributed by atoms with Crippen LogP contribution >= 0.6 is 0 Å². The van der Waals surface area contributed by atoms with Gasteiger partial charge in [-0.1, -0.05) is 24.3 Å². The van der Waals surface area contributed by atoms with Crippen molar-refractivity contribution in [1.29, 1.82) is 0 Å². The Kier molecular flexibility index (Phi) is 6.13. The molecule has 0 radical (unpaired) electrons. The van der Waals surface area contributed by atoms with Crippen LogP contribution in [0.3, 0.4) is 0 Å². The molecule has 4 heteroatoms. The van der Waals surface area contributed by atoms with Crippen molar-refractivity contribution in [2.45, 2.75) is 19.4 Å². The molecule has 0 atom stereocenters. The molecule has 0 aromatic heterocycles. The second-order valence-electron chi connectivity index (χ2n) is 6.02. The van der Waals surface area contributed by atoms with Gasteiger partial charge in [-0.15, -0.1) is 0 Å². The van der Waals surface area contributed by atoms with Crippen molar-refractivity contribution in [2.75, 3.05) is 20.8 Å². The fourth-order valence-corrected chi connectivity index (χ4v) is 2.20. The first-order valence-electron chi connectivity index (χ1n) is 7.87. The third-order valence-electron chi connectivity index (χ3n) is 3.54. The molecule has 0 aliphatic rings. The summed E-state index contributed by atoms with van der Waals surface area (Å²) in [5.41, 5.74) is 1.62. The second-order valence-corrected chi connectivity index (χ2v) is 6.02. The van der Waals surface area contributed by atoms with Crippen molar-refractivity contribution in [3.63, 3.8) is 0 Å². The Morgan fingerprint density at radius 1 is 0.833 bits per heavy atom. The number of hydrogen-bond acceptors (Lipinski definition) is 4. The van der Waals surface area contributed by atoms with E-state index in [1.165, 1.54) is 0 Å². The number of aliphatic imine (C=N–C) groups is 2. The summed E-state index contributed by atoms with van der Waals surface area (Å²) in [7, 11) is 3.32. The molecule has 2 aromatic carbocycles. The molecule has 126 valence electrons. The normalized spacial score (nSPS) is 12.0. The highest BCUT2D eigenvalue weighted by molar-refractivity contribution is 5.84. The van der Waals surface area contributed by atoms with Gasteiger partial charge in [0, 0.05) is 23.6 Å². The molecule has 0 saturated carbocycles. The van der Waals surface area contributed by atoms with E-state index >= 15 is 0 Å². The van der Waals surface area contributed by atoms with Crippen molar-refractivity contribution in [3.8, 4) is 11.5 Å². The van der Waals surface area contributed by atoms with Gasteiger partial charge in [0.1, 0.15) is 11.5 Å². The van der Waals surface area contributed by atoms with Gasteiger partial charge in [-0.3, -0.25) is 9.98 Å². The van der Waals surface area contributed by atoms with Crippen LogP contribution in [0.25, 0.3) is 0 Å². The second kappa shape index (κ2) is 8.29. The zero-order valence-corrected chi connectivity index (χ0v) is 14.7. The van der Waals surface area contributed by atoms with E-state index in [4.69, 9.17) is 9.47 Å². The number of ether oxygens (including phenoxy) is 2. The maximum absolute atomic E-state index is 5.34. The minimum atomic E-state index is -0.306. The highest BCUT2D eigenvalue weighted by atomic mass is 16.5. The lowest BCUT2D eigenvalue weighted by molar-refractivity contribution is 0.414. The highest BCUT2D eigenvalue weighted by Crippen LogP contribution is 2.18. The fourth-order valence-electron chi connectivity index (χ4n) is 2.20. The first kappa shape index (κ1) is 17.7. The molecular weight excluding hydrogens is 300 g/mol. The van der Waals surface area contributed by atoms with Crippen molar-refractivity contribution >= 4 is 12.4 Å². The third-order valence-corrected chi connectivity index (χ3v) is 3.54. The number of para-hydroxylation sites is 2. The monoisotopic (exact) mass is 324 g/mol. The summed E-state index contributed by atoms with van der Waals surface area (Å²) in [5.74, 6) is 1.63. The first-order valence-corrected chi connectivity index (χ1v) is 7.87. The van der Waals surface area contributed by atoms with Gasteiger partial charge in [0.15, 0.2) is 0 Å². The molecule has 24 heavy (non-hydrogen) atoms. The van der Waals surface area contributed by atoms with Crippen LogP contribution in [0, 0.1) is 0 Å². The number of hydrogen-bond donors (Lipinski definition) is 0. The Morgan fingerprint density at radius 2 is 1.33 bits per heavy atom. The number of rotatable bonds is 7. The van der Waals surface area contributed by atoms with Crippen molar-refractivity contribution < 1.29 is 9.47 Å². The first-order chi connectivity index (χ1) is 11.6. The summed E-state index contributed by atoms with van der Waals surface area (Å²) in [6, 6.07) is 15.6. The van der Waals surface area contributed by atoms with Gasteiger partial charge < -0.3 is 9.47 Å². The molecule has 0 spiro atoms. The summed E-state index contributed by atoms with van der Waals surface area (Å²) in [5, 5.41) is 0. The molecule has 0 N–H and O–H groups in total. The SMILES string of the molecule is COc1ccccc1C=NCC(C)(C)N=Cc1ccccc1OC. The highest BCUT2D eigenvalue weighted by Gasteiger charge is 2.14. The molecule has 0 bridgehead atoms. The van der Waals surface area contributed by atoms with Crippen LogP contribution in [-0.4, -0.2) is 38.7 Å². The van der Waals surface area contributed by atoms with Crippen LogP contribution in [0.4, 0.5) is 0 Å². The number of methoxy groups -OCH3 is 2. The van der Waals surface area contributed by atoms with E-state index in [0.717, 1.165) is 22.6 Å². The summed E-state index contributed by atoms with van der Waals surface area (Å²) in [4.78, 5) is 9.19. The predicted molar refractivity (Wildman–Crippen MR) is 100 cm³/mol. The van der Waals surface area contributed by atoms with E-state index in [9.17, 15) is 0 Å². The van der Waals surface area contributed by atoms with E-state index in [-0.39, 0.29) is 5.54 Å². The minimum absolute atomic E-state index is 0.306. The summed E-state index contributed by atoms with van der Waals surface area (Å²) >= 11 is 0. The van der Waals surface area contributed by atoms with Gasteiger partial charge >= 0.3 is 0 Å². The Bertz CT molecular complexity index is 721.